The van der Waals surface area contributed by atoms with Gasteiger partial charge in [0.1, 0.15) is 11.5 Å². The summed E-state index contributed by atoms with van der Waals surface area (Å²) in [6.45, 7) is 4.02. The molecule has 92 valence electrons. The molecular formula is C12H16N2O3. The Morgan fingerprint density at radius 2 is 2.24 bits per heavy atom. The average Bonchev–Trinajstić information content (AvgIpc) is 2.28. The number of benzene rings is 1. The third-order valence-corrected chi connectivity index (χ3v) is 2.87. The van der Waals surface area contributed by atoms with Crippen LogP contribution in [-0.4, -0.2) is 46.7 Å². The van der Waals surface area contributed by atoms with Crippen molar-refractivity contribution >= 4 is 5.91 Å². The molecule has 1 fully saturated rings. The largest absolute Gasteiger partial charge is 0.508 e. The molecule has 1 aliphatic heterocycles. The van der Waals surface area contributed by atoms with Crippen LogP contribution in [0.1, 0.15) is 17.3 Å². The number of piperazine rings is 1. The molecule has 0 saturated carbocycles. The molecule has 1 aromatic carbocycles. The standard InChI is InChI=1S/C12H16N2O3/c1-8-7-14(5-4-13-8)12(17)10-3-2-9(15)6-11(10)16/h2-3,6,8,13,15-16H,4-5,7H2,1H3/t8-/m1/s1. The van der Waals surface area contributed by atoms with Gasteiger partial charge in [0.05, 0.1) is 5.56 Å². The number of phenolic OH excluding ortho intramolecular Hbond substituents is 2. The molecular weight excluding hydrogens is 220 g/mol. The van der Waals surface area contributed by atoms with E-state index < -0.39 is 0 Å². The Morgan fingerprint density at radius 1 is 1.47 bits per heavy atom. The maximum Gasteiger partial charge on any atom is 0.257 e. The monoisotopic (exact) mass is 236 g/mol. The second kappa shape index (κ2) is 4.63. The van der Waals surface area contributed by atoms with E-state index in [9.17, 15) is 15.0 Å². The van der Waals surface area contributed by atoms with E-state index in [1.807, 2.05) is 6.92 Å². The Balaban J connectivity index is 2.18. The molecule has 2 rings (SSSR count). The van der Waals surface area contributed by atoms with Crippen LogP contribution >= 0.6 is 0 Å². The van der Waals surface area contributed by atoms with Crippen LogP contribution in [0.4, 0.5) is 0 Å². The summed E-state index contributed by atoms with van der Waals surface area (Å²) in [5.74, 6) is -0.426. The zero-order valence-electron chi connectivity index (χ0n) is 9.68. The lowest BCUT2D eigenvalue weighted by molar-refractivity contribution is 0.0706. The topological polar surface area (TPSA) is 72.8 Å². The van der Waals surface area contributed by atoms with Gasteiger partial charge in [-0.3, -0.25) is 4.79 Å². The lowest BCUT2D eigenvalue weighted by atomic mass is 10.1. The highest BCUT2D eigenvalue weighted by atomic mass is 16.3. The summed E-state index contributed by atoms with van der Waals surface area (Å²) in [5.41, 5.74) is 0.233. The fraction of sp³-hybridized carbons (Fsp3) is 0.417. The highest BCUT2D eigenvalue weighted by molar-refractivity contribution is 5.97. The van der Waals surface area contributed by atoms with Crippen molar-refractivity contribution in [2.75, 3.05) is 19.6 Å². The average molecular weight is 236 g/mol. The van der Waals surface area contributed by atoms with Gasteiger partial charge in [0.15, 0.2) is 0 Å². The van der Waals surface area contributed by atoms with Crippen LogP contribution in [0.2, 0.25) is 0 Å². The first kappa shape index (κ1) is 11.7. The first-order valence-electron chi connectivity index (χ1n) is 5.62. The van der Waals surface area contributed by atoms with Crippen LogP contribution in [0.5, 0.6) is 11.5 Å². The van der Waals surface area contributed by atoms with Crippen molar-refractivity contribution in [1.29, 1.82) is 0 Å². The lowest BCUT2D eigenvalue weighted by Gasteiger charge is -2.32. The molecule has 5 nitrogen and oxygen atoms in total. The maximum absolute atomic E-state index is 12.1. The van der Waals surface area contributed by atoms with Gasteiger partial charge in [-0.05, 0) is 19.1 Å². The summed E-state index contributed by atoms with van der Waals surface area (Å²) >= 11 is 0. The molecule has 5 heteroatoms. The van der Waals surface area contributed by atoms with E-state index in [0.717, 1.165) is 6.54 Å². The second-order valence-electron chi connectivity index (χ2n) is 4.31. The molecule has 0 radical (unpaired) electrons. The number of nitrogens with zero attached hydrogens (tertiary/aromatic N) is 1. The zero-order valence-corrected chi connectivity index (χ0v) is 9.68. The first-order chi connectivity index (χ1) is 8.08. The zero-order chi connectivity index (χ0) is 12.4. The number of amides is 1. The van der Waals surface area contributed by atoms with Crippen LogP contribution in [0.3, 0.4) is 0 Å². The highest BCUT2D eigenvalue weighted by Crippen LogP contribution is 2.24. The van der Waals surface area contributed by atoms with Crippen LogP contribution in [-0.2, 0) is 0 Å². The van der Waals surface area contributed by atoms with Crippen molar-refractivity contribution < 1.29 is 15.0 Å². The minimum Gasteiger partial charge on any atom is -0.508 e. The van der Waals surface area contributed by atoms with Crippen LogP contribution < -0.4 is 5.32 Å². The Labute approximate surface area is 99.7 Å². The number of carbonyl (C=O) groups is 1. The predicted octanol–water partition coefficient (Wildman–Crippen LogP) is 0.532. The third-order valence-electron chi connectivity index (χ3n) is 2.87. The molecule has 1 saturated heterocycles. The third kappa shape index (κ3) is 2.50. The van der Waals surface area contributed by atoms with E-state index in [-0.39, 0.29) is 29.0 Å². The molecule has 0 spiro atoms. The maximum atomic E-state index is 12.1. The number of phenols is 2. The minimum absolute atomic E-state index is 0.0484. The van der Waals surface area contributed by atoms with E-state index in [1.54, 1.807) is 4.90 Å². The van der Waals surface area contributed by atoms with Crippen molar-refractivity contribution in [3.05, 3.63) is 23.8 Å². The van der Waals surface area contributed by atoms with Gasteiger partial charge >= 0.3 is 0 Å². The highest BCUT2D eigenvalue weighted by Gasteiger charge is 2.23. The van der Waals surface area contributed by atoms with Gasteiger partial charge in [0.25, 0.3) is 5.91 Å². The Kier molecular flexibility index (Phi) is 3.19. The van der Waals surface area contributed by atoms with Gasteiger partial charge in [0.2, 0.25) is 0 Å². The number of hydrogen-bond acceptors (Lipinski definition) is 4. The first-order valence-corrected chi connectivity index (χ1v) is 5.62. The molecule has 0 aromatic heterocycles. The summed E-state index contributed by atoms with van der Waals surface area (Å²) < 4.78 is 0. The number of rotatable bonds is 1. The Morgan fingerprint density at radius 3 is 2.88 bits per heavy atom. The van der Waals surface area contributed by atoms with Crippen LogP contribution in [0.15, 0.2) is 18.2 Å². The Bertz CT molecular complexity index is 434. The minimum atomic E-state index is -0.198. The molecule has 1 aliphatic rings. The van der Waals surface area contributed by atoms with Crippen molar-refractivity contribution in [3.63, 3.8) is 0 Å². The smallest absolute Gasteiger partial charge is 0.257 e. The van der Waals surface area contributed by atoms with Crippen LogP contribution in [0, 0.1) is 0 Å². The number of carbonyl (C=O) groups excluding carboxylic acids is 1. The van der Waals surface area contributed by atoms with E-state index >= 15 is 0 Å². The molecule has 1 amide bonds. The summed E-state index contributed by atoms with van der Waals surface area (Å²) in [5, 5.41) is 22.1. The molecule has 1 atom stereocenters. The van der Waals surface area contributed by atoms with E-state index in [0.29, 0.717) is 13.1 Å². The van der Waals surface area contributed by atoms with Gasteiger partial charge in [-0.25, -0.2) is 0 Å². The van der Waals surface area contributed by atoms with Gasteiger partial charge in [-0.2, -0.15) is 0 Å². The van der Waals surface area contributed by atoms with E-state index in [4.69, 9.17) is 0 Å². The van der Waals surface area contributed by atoms with Gasteiger partial charge in [-0.1, -0.05) is 0 Å². The molecule has 0 aliphatic carbocycles. The predicted molar refractivity (Wildman–Crippen MR) is 63.1 cm³/mol. The van der Waals surface area contributed by atoms with Crippen molar-refractivity contribution in [3.8, 4) is 11.5 Å². The van der Waals surface area contributed by atoms with E-state index in [2.05, 4.69) is 5.32 Å². The molecule has 3 N–H and O–H groups in total. The summed E-state index contributed by atoms with van der Waals surface area (Å²) in [4.78, 5) is 13.8. The quantitative estimate of drug-likeness (QED) is 0.665. The Hall–Kier alpha value is -1.75. The van der Waals surface area contributed by atoms with E-state index in [1.165, 1.54) is 18.2 Å². The molecule has 1 heterocycles. The molecule has 0 unspecified atom stereocenters. The van der Waals surface area contributed by atoms with Crippen LogP contribution in [0.25, 0.3) is 0 Å². The van der Waals surface area contributed by atoms with Crippen molar-refractivity contribution in [2.45, 2.75) is 13.0 Å². The van der Waals surface area contributed by atoms with Crippen molar-refractivity contribution in [1.82, 2.24) is 10.2 Å². The lowest BCUT2D eigenvalue weighted by Crippen LogP contribution is -2.51. The second-order valence-corrected chi connectivity index (χ2v) is 4.31. The molecule has 0 bridgehead atoms. The van der Waals surface area contributed by atoms with Gasteiger partial charge in [0, 0.05) is 31.7 Å². The summed E-state index contributed by atoms with van der Waals surface area (Å²) in [7, 11) is 0. The molecule has 17 heavy (non-hydrogen) atoms. The van der Waals surface area contributed by atoms with Gasteiger partial charge < -0.3 is 20.4 Å². The number of nitrogens with one attached hydrogen (secondary N) is 1. The van der Waals surface area contributed by atoms with Gasteiger partial charge in [-0.15, -0.1) is 0 Å². The fourth-order valence-electron chi connectivity index (χ4n) is 1.99. The normalized spacial score (nSPS) is 20.3. The molecule has 1 aromatic rings. The number of aromatic hydroxyl groups is 2. The SMILES string of the molecule is C[C@@H]1CN(C(=O)c2ccc(O)cc2O)CCN1. The summed E-state index contributed by atoms with van der Waals surface area (Å²) in [6, 6.07) is 4.28. The number of hydrogen-bond donors (Lipinski definition) is 3. The summed E-state index contributed by atoms with van der Waals surface area (Å²) in [6.07, 6.45) is 0. The van der Waals surface area contributed by atoms with Crippen molar-refractivity contribution in [2.24, 2.45) is 0 Å². The fourth-order valence-corrected chi connectivity index (χ4v) is 1.99.